The number of nitrogens with zero attached hydrogens (tertiary/aromatic N) is 2. The summed E-state index contributed by atoms with van der Waals surface area (Å²) in [4.78, 5) is 12.1. The maximum absolute atomic E-state index is 12.8. The molecule has 27 heavy (non-hydrogen) atoms. The monoisotopic (exact) mass is 381 g/mol. The molecule has 0 saturated heterocycles. The SMILES string of the molecule is Cc1ccc(-c2nnc(CCC(=O)NC3CCCC(C(F)(F)F)C3)o2)cc1. The van der Waals surface area contributed by atoms with Crippen molar-refractivity contribution < 1.29 is 22.4 Å². The van der Waals surface area contributed by atoms with Crippen LogP contribution < -0.4 is 5.32 Å². The Morgan fingerprint density at radius 2 is 1.96 bits per heavy atom. The third kappa shape index (κ3) is 5.30. The van der Waals surface area contributed by atoms with Crippen molar-refractivity contribution in [2.75, 3.05) is 0 Å². The zero-order valence-corrected chi connectivity index (χ0v) is 15.1. The normalized spacial score (nSPS) is 20.4. The summed E-state index contributed by atoms with van der Waals surface area (Å²) >= 11 is 0. The van der Waals surface area contributed by atoms with Crippen molar-refractivity contribution in [1.82, 2.24) is 15.5 Å². The summed E-state index contributed by atoms with van der Waals surface area (Å²) in [5.74, 6) is -0.911. The molecule has 2 aromatic rings. The van der Waals surface area contributed by atoms with E-state index in [1.165, 1.54) is 0 Å². The molecule has 1 N–H and O–H groups in total. The van der Waals surface area contributed by atoms with Crippen LogP contribution in [0.15, 0.2) is 28.7 Å². The van der Waals surface area contributed by atoms with E-state index in [9.17, 15) is 18.0 Å². The minimum atomic E-state index is -4.19. The summed E-state index contributed by atoms with van der Waals surface area (Å²) in [5.41, 5.74) is 1.91. The van der Waals surface area contributed by atoms with Gasteiger partial charge in [-0.1, -0.05) is 24.1 Å². The predicted octanol–water partition coefficient (Wildman–Crippen LogP) is 4.21. The quantitative estimate of drug-likeness (QED) is 0.842. The second kappa shape index (κ2) is 8.10. The third-order valence-corrected chi connectivity index (χ3v) is 4.83. The highest BCUT2D eigenvalue weighted by molar-refractivity contribution is 5.76. The maximum atomic E-state index is 12.8. The second-order valence-electron chi connectivity index (χ2n) is 7.04. The number of alkyl halides is 3. The van der Waals surface area contributed by atoms with Gasteiger partial charge in [0.2, 0.25) is 17.7 Å². The maximum Gasteiger partial charge on any atom is 0.391 e. The largest absolute Gasteiger partial charge is 0.421 e. The lowest BCUT2D eigenvalue weighted by atomic mass is 9.85. The van der Waals surface area contributed by atoms with Crippen LogP contribution in [-0.4, -0.2) is 28.3 Å². The van der Waals surface area contributed by atoms with Gasteiger partial charge in [-0.2, -0.15) is 13.2 Å². The summed E-state index contributed by atoms with van der Waals surface area (Å²) in [6, 6.07) is 7.19. The van der Waals surface area contributed by atoms with Crippen LogP contribution in [0.25, 0.3) is 11.5 Å². The van der Waals surface area contributed by atoms with Gasteiger partial charge >= 0.3 is 6.18 Å². The van der Waals surface area contributed by atoms with Gasteiger partial charge in [0.15, 0.2) is 0 Å². The molecule has 1 aromatic heterocycles. The van der Waals surface area contributed by atoms with Crippen molar-refractivity contribution in [2.24, 2.45) is 5.92 Å². The van der Waals surface area contributed by atoms with E-state index in [2.05, 4.69) is 15.5 Å². The Morgan fingerprint density at radius 3 is 2.67 bits per heavy atom. The van der Waals surface area contributed by atoms with Crippen molar-refractivity contribution in [1.29, 1.82) is 0 Å². The van der Waals surface area contributed by atoms with Crippen LogP contribution in [0, 0.1) is 12.8 Å². The first-order valence-corrected chi connectivity index (χ1v) is 9.07. The highest BCUT2D eigenvalue weighted by atomic mass is 19.4. The summed E-state index contributed by atoms with van der Waals surface area (Å²) in [6.45, 7) is 1.98. The van der Waals surface area contributed by atoms with Gasteiger partial charge in [-0.05, 0) is 38.3 Å². The highest BCUT2D eigenvalue weighted by Crippen LogP contribution is 2.37. The average Bonchev–Trinajstić information content (AvgIpc) is 3.09. The third-order valence-electron chi connectivity index (χ3n) is 4.83. The molecular formula is C19H22F3N3O2. The zero-order chi connectivity index (χ0) is 19.4. The highest BCUT2D eigenvalue weighted by Gasteiger charge is 2.42. The molecule has 1 aliphatic rings. The van der Waals surface area contributed by atoms with Crippen molar-refractivity contribution in [3.8, 4) is 11.5 Å². The van der Waals surface area contributed by atoms with Gasteiger partial charge in [-0.25, -0.2) is 0 Å². The van der Waals surface area contributed by atoms with Crippen LogP contribution in [-0.2, 0) is 11.2 Å². The number of nitrogens with one attached hydrogen (secondary N) is 1. The number of benzene rings is 1. The number of carbonyl (C=O) groups is 1. The first-order chi connectivity index (χ1) is 12.8. The second-order valence-corrected chi connectivity index (χ2v) is 7.04. The van der Waals surface area contributed by atoms with Crippen molar-refractivity contribution in [2.45, 2.75) is 57.7 Å². The Kier molecular flexibility index (Phi) is 5.82. The van der Waals surface area contributed by atoms with E-state index in [4.69, 9.17) is 4.42 Å². The Balaban J connectivity index is 1.49. The molecule has 1 heterocycles. The minimum absolute atomic E-state index is 0.0482. The number of hydrogen-bond donors (Lipinski definition) is 1. The van der Waals surface area contributed by atoms with Gasteiger partial charge in [-0.15, -0.1) is 10.2 Å². The zero-order valence-electron chi connectivity index (χ0n) is 15.1. The standard InChI is InChI=1S/C19H22F3N3O2/c1-12-5-7-13(8-6-12)18-25-24-17(27-18)10-9-16(26)23-15-4-2-3-14(11-15)19(20,21)22/h5-8,14-15H,2-4,9-11H2,1H3,(H,23,26). The lowest BCUT2D eigenvalue weighted by Crippen LogP contribution is -2.41. The van der Waals surface area contributed by atoms with E-state index in [0.29, 0.717) is 24.6 Å². The number of rotatable bonds is 5. The van der Waals surface area contributed by atoms with Crippen molar-refractivity contribution in [3.05, 3.63) is 35.7 Å². The molecule has 0 spiro atoms. The molecule has 1 saturated carbocycles. The number of carbonyl (C=O) groups excluding carboxylic acids is 1. The first kappa shape index (κ1) is 19.4. The molecule has 0 bridgehead atoms. The van der Waals surface area contributed by atoms with Gasteiger partial charge in [0.25, 0.3) is 0 Å². The van der Waals surface area contributed by atoms with Crippen LogP contribution in [0.4, 0.5) is 13.2 Å². The van der Waals surface area contributed by atoms with Crippen molar-refractivity contribution in [3.63, 3.8) is 0 Å². The summed E-state index contributed by atoms with van der Waals surface area (Å²) < 4.78 is 44.1. The van der Waals surface area contributed by atoms with E-state index in [-0.39, 0.29) is 31.6 Å². The summed E-state index contributed by atoms with van der Waals surface area (Å²) in [6.07, 6.45) is -2.70. The number of halogens is 3. The average molecular weight is 381 g/mol. The molecule has 1 amide bonds. The number of amides is 1. The van der Waals surface area contributed by atoms with E-state index in [1.54, 1.807) is 0 Å². The summed E-state index contributed by atoms with van der Waals surface area (Å²) in [5, 5.41) is 10.6. The van der Waals surface area contributed by atoms with E-state index < -0.39 is 18.1 Å². The van der Waals surface area contributed by atoms with Crippen LogP contribution in [0.5, 0.6) is 0 Å². The van der Waals surface area contributed by atoms with Crippen molar-refractivity contribution >= 4 is 5.91 Å². The molecule has 1 aliphatic carbocycles. The molecule has 2 atom stereocenters. The van der Waals surface area contributed by atoms with Gasteiger partial charge in [-0.3, -0.25) is 4.79 Å². The topological polar surface area (TPSA) is 68.0 Å². The lowest BCUT2D eigenvalue weighted by molar-refractivity contribution is -0.184. The Hall–Kier alpha value is -2.38. The molecule has 5 nitrogen and oxygen atoms in total. The lowest BCUT2D eigenvalue weighted by Gasteiger charge is -2.31. The fourth-order valence-corrected chi connectivity index (χ4v) is 3.31. The van der Waals surface area contributed by atoms with Gasteiger partial charge in [0, 0.05) is 24.4 Å². The Labute approximate surface area is 155 Å². The molecular weight excluding hydrogens is 359 g/mol. The van der Waals surface area contributed by atoms with Crippen LogP contribution >= 0.6 is 0 Å². The molecule has 146 valence electrons. The fourth-order valence-electron chi connectivity index (χ4n) is 3.31. The van der Waals surface area contributed by atoms with Gasteiger partial charge in [0.05, 0.1) is 5.92 Å². The predicted molar refractivity (Wildman–Crippen MR) is 92.7 cm³/mol. The van der Waals surface area contributed by atoms with Crippen LogP contribution in [0.2, 0.25) is 0 Å². The van der Waals surface area contributed by atoms with Crippen LogP contribution in [0.3, 0.4) is 0 Å². The number of aromatic nitrogens is 2. The van der Waals surface area contributed by atoms with Gasteiger partial charge < -0.3 is 9.73 Å². The Morgan fingerprint density at radius 1 is 1.22 bits per heavy atom. The molecule has 0 radical (unpaired) electrons. The minimum Gasteiger partial charge on any atom is -0.421 e. The molecule has 8 heteroatoms. The fraction of sp³-hybridized carbons (Fsp3) is 0.526. The molecule has 1 aromatic carbocycles. The molecule has 2 unspecified atom stereocenters. The van der Waals surface area contributed by atoms with E-state index in [0.717, 1.165) is 11.1 Å². The first-order valence-electron chi connectivity index (χ1n) is 9.07. The molecule has 0 aliphatic heterocycles. The smallest absolute Gasteiger partial charge is 0.391 e. The van der Waals surface area contributed by atoms with E-state index >= 15 is 0 Å². The summed E-state index contributed by atoms with van der Waals surface area (Å²) in [7, 11) is 0. The Bertz CT molecular complexity index is 771. The number of hydrogen-bond acceptors (Lipinski definition) is 4. The molecule has 3 rings (SSSR count). The van der Waals surface area contributed by atoms with Crippen LogP contribution in [0.1, 0.15) is 43.6 Å². The molecule has 1 fully saturated rings. The number of aryl methyl sites for hydroxylation is 2. The van der Waals surface area contributed by atoms with Gasteiger partial charge in [0.1, 0.15) is 0 Å². The van der Waals surface area contributed by atoms with E-state index in [1.807, 2.05) is 31.2 Å².